The molecule has 1 fully saturated rings. The number of amides is 2. The minimum atomic E-state index is -0.234. The molecule has 0 radical (unpaired) electrons. The zero-order valence-corrected chi connectivity index (χ0v) is 12.1. The summed E-state index contributed by atoms with van der Waals surface area (Å²) in [7, 11) is 0. The summed E-state index contributed by atoms with van der Waals surface area (Å²) in [6, 6.07) is 7.65. The van der Waals surface area contributed by atoms with Gasteiger partial charge in [0.1, 0.15) is 10.9 Å². The first-order valence-corrected chi connectivity index (χ1v) is 7.35. The van der Waals surface area contributed by atoms with Crippen molar-refractivity contribution in [2.24, 2.45) is 0 Å². The highest BCUT2D eigenvalue weighted by atomic mass is 32.2. The molecule has 1 heterocycles. The zero-order valence-electron chi connectivity index (χ0n) is 10.5. The number of nitrogens with zero attached hydrogens (tertiary/aromatic N) is 1. The average molecular weight is 294 g/mol. The molecule has 1 N–H and O–H groups in total. The van der Waals surface area contributed by atoms with Crippen LogP contribution in [0.1, 0.15) is 12.5 Å². The van der Waals surface area contributed by atoms with Gasteiger partial charge in [0, 0.05) is 5.69 Å². The summed E-state index contributed by atoms with van der Waals surface area (Å²) in [6.45, 7) is 2.06. The molecular weight excluding hydrogens is 280 g/mol. The number of nitrogens with one attached hydrogen (secondary N) is 1. The second kappa shape index (κ2) is 6.16. The lowest BCUT2D eigenvalue weighted by Gasteiger charge is -2.14. The normalized spacial score (nSPS) is 14.9. The second-order valence-corrected chi connectivity index (χ2v) is 5.74. The summed E-state index contributed by atoms with van der Waals surface area (Å²) in [5, 5.41) is 2.76. The first-order chi connectivity index (χ1) is 9.10. The first-order valence-electron chi connectivity index (χ1n) is 5.96. The van der Waals surface area contributed by atoms with E-state index in [-0.39, 0.29) is 18.4 Å². The van der Waals surface area contributed by atoms with Crippen LogP contribution in [0.25, 0.3) is 0 Å². The summed E-state index contributed by atoms with van der Waals surface area (Å²) in [4.78, 5) is 24.7. The van der Waals surface area contributed by atoms with Gasteiger partial charge in [0.25, 0.3) is 0 Å². The standard InChI is InChI=1S/C13H14N2O2S2/c1-2-9-3-5-10(6-4-9)14-11(16)7-15-12(17)8-19-13(15)18/h3-6H,2,7-8H2,1H3,(H,14,16). The number of hydrogen-bond acceptors (Lipinski definition) is 4. The Morgan fingerprint density at radius 1 is 1.42 bits per heavy atom. The number of hydrogen-bond donors (Lipinski definition) is 1. The van der Waals surface area contributed by atoms with Gasteiger partial charge >= 0.3 is 0 Å². The molecule has 100 valence electrons. The summed E-state index contributed by atoms with van der Waals surface area (Å²) < 4.78 is 0.474. The van der Waals surface area contributed by atoms with Crippen LogP contribution in [0.3, 0.4) is 0 Å². The van der Waals surface area contributed by atoms with Gasteiger partial charge in [-0.3, -0.25) is 14.5 Å². The van der Waals surface area contributed by atoms with Gasteiger partial charge < -0.3 is 5.32 Å². The molecule has 0 saturated carbocycles. The summed E-state index contributed by atoms with van der Waals surface area (Å²) >= 11 is 6.32. The van der Waals surface area contributed by atoms with Gasteiger partial charge in [-0.1, -0.05) is 43.0 Å². The van der Waals surface area contributed by atoms with Crippen molar-refractivity contribution >= 4 is 45.8 Å². The van der Waals surface area contributed by atoms with Gasteiger partial charge in [-0.2, -0.15) is 0 Å². The molecule has 2 amide bonds. The number of thioether (sulfide) groups is 1. The molecule has 2 rings (SSSR count). The van der Waals surface area contributed by atoms with Crippen LogP contribution in [0, 0.1) is 0 Å². The van der Waals surface area contributed by atoms with E-state index in [1.165, 1.54) is 22.2 Å². The summed E-state index contributed by atoms with van der Waals surface area (Å²) in [6.07, 6.45) is 0.960. The number of carbonyl (C=O) groups is 2. The highest BCUT2D eigenvalue weighted by Gasteiger charge is 2.28. The van der Waals surface area contributed by atoms with Crippen molar-refractivity contribution in [3.8, 4) is 0 Å². The molecule has 19 heavy (non-hydrogen) atoms. The lowest BCUT2D eigenvalue weighted by molar-refractivity contribution is -0.127. The third-order valence-electron chi connectivity index (χ3n) is 2.79. The SMILES string of the molecule is CCc1ccc(NC(=O)CN2C(=O)CSC2=S)cc1. The third-order valence-corrected chi connectivity index (χ3v) is 4.22. The predicted molar refractivity (Wildman–Crippen MR) is 81.2 cm³/mol. The number of aryl methyl sites for hydroxylation is 1. The Morgan fingerprint density at radius 3 is 2.63 bits per heavy atom. The lowest BCUT2D eigenvalue weighted by Crippen LogP contribution is -2.36. The van der Waals surface area contributed by atoms with Crippen molar-refractivity contribution in [3.63, 3.8) is 0 Å². The minimum Gasteiger partial charge on any atom is -0.325 e. The van der Waals surface area contributed by atoms with Crippen LogP contribution < -0.4 is 5.32 Å². The fourth-order valence-corrected chi connectivity index (χ4v) is 2.77. The number of rotatable bonds is 4. The minimum absolute atomic E-state index is 0.0137. The average Bonchev–Trinajstić information content (AvgIpc) is 2.71. The van der Waals surface area contributed by atoms with Gasteiger partial charge in [-0.15, -0.1) is 0 Å². The van der Waals surface area contributed by atoms with Crippen LogP contribution >= 0.6 is 24.0 Å². The van der Waals surface area contributed by atoms with E-state index in [0.717, 1.165) is 12.1 Å². The van der Waals surface area contributed by atoms with Crippen LogP contribution in [0.5, 0.6) is 0 Å². The van der Waals surface area contributed by atoms with E-state index < -0.39 is 0 Å². The number of benzene rings is 1. The Morgan fingerprint density at radius 2 is 2.11 bits per heavy atom. The monoisotopic (exact) mass is 294 g/mol. The van der Waals surface area contributed by atoms with Crippen molar-refractivity contribution in [3.05, 3.63) is 29.8 Å². The van der Waals surface area contributed by atoms with E-state index in [1.807, 2.05) is 24.3 Å². The lowest BCUT2D eigenvalue weighted by atomic mass is 10.1. The van der Waals surface area contributed by atoms with Crippen molar-refractivity contribution in [2.75, 3.05) is 17.6 Å². The smallest absolute Gasteiger partial charge is 0.244 e. The molecule has 1 aliphatic heterocycles. The van der Waals surface area contributed by atoms with Crippen molar-refractivity contribution in [2.45, 2.75) is 13.3 Å². The Balaban J connectivity index is 1.93. The maximum Gasteiger partial charge on any atom is 0.244 e. The van der Waals surface area contributed by atoms with Gasteiger partial charge in [0.2, 0.25) is 11.8 Å². The molecule has 0 bridgehead atoms. The van der Waals surface area contributed by atoms with Crippen LogP contribution in [-0.2, 0) is 16.0 Å². The van der Waals surface area contributed by atoms with Crippen molar-refractivity contribution in [1.82, 2.24) is 4.90 Å². The summed E-state index contributed by atoms with van der Waals surface area (Å²) in [5.74, 6) is -0.00829. The molecule has 0 aliphatic carbocycles. The molecule has 4 nitrogen and oxygen atoms in total. The van der Waals surface area contributed by atoms with E-state index >= 15 is 0 Å². The highest BCUT2D eigenvalue weighted by molar-refractivity contribution is 8.23. The molecule has 0 aromatic heterocycles. The molecule has 0 unspecified atom stereocenters. The Bertz CT molecular complexity index is 498. The molecule has 0 atom stereocenters. The van der Waals surface area contributed by atoms with Gasteiger partial charge in [0.05, 0.1) is 5.75 Å². The van der Waals surface area contributed by atoms with E-state index in [2.05, 4.69) is 12.2 Å². The van der Waals surface area contributed by atoms with E-state index in [9.17, 15) is 9.59 Å². The third kappa shape index (κ3) is 3.54. The van der Waals surface area contributed by atoms with Gasteiger partial charge in [-0.25, -0.2) is 0 Å². The molecule has 1 aromatic rings. The van der Waals surface area contributed by atoms with E-state index in [0.29, 0.717) is 10.1 Å². The van der Waals surface area contributed by atoms with Crippen molar-refractivity contribution in [1.29, 1.82) is 0 Å². The largest absolute Gasteiger partial charge is 0.325 e. The van der Waals surface area contributed by atoms with E-state index in [4.69, 9.17) is 12.2 Å². The zero-order chi connectivity index (χ0) is 13.8. The van der Waals surface area contributed by atoms with Crippen LogP contribution in [0.15, 0.2) is 24.3 Å². The number of anilines is 1. The van der Waals surface area contributed by atoms with Gasteiger partial charge in [-0.05, 0) is 24.1 Å². The topological polar surface area (TPSA) is 49.4 Å². The predicted octanol–water partition coefficient (Wildman–Crippen LogP) is 2.05. The Labute approximate surface area is 121 Å². The Hall–Kier alpha value is -1.40. The molecule has 1 aliphatic rings. The van der Waals surface area contributed by atoms with Crippen LogP contribution in [-0.4, -0.2) is 33.3 Å². The molecule has 0 spiro atoms. The maximum absolute atomic E-state index is 11.8. The second-order valence-electron chi connectivity index (χ2n) is 4.13. The molecule has 1 aromatic carbocycles. The molecule has 1 saturated heterocycles. The van der Waals surface area contributed by atoms with Crippen LogP contribution in [0.2, 0.25) is 0 Å². The Kier molecular flexibility index (Phi) is 4.55. The maximum atomic E-state index is 11.8. The number of thiocarbonyl (C=S) groups is 1. The fraction of sp³-hybridized carbons (Fsp3) is 0.308. The molecule has 6 heteroatoms. The van der Waals surface area contributed by atoms with E-state index in [1.54, 1.807) is 0 Å². The van der Waals surface area contributed by atoms with Gasteiger partial charge in [0.15, 0.2) is 0 Å². The molecular formula is C13H14N2O2S2. The van der Waals surface area contributed by atoms with Crippen LogP contribution in [0.4, 0.5) is 5.69 Å². The first kappa shape index (κ1) is 14.0. The van der Waals surface area contributed by atoms with Crippen molar-refractivity contribution < 1.29 is 9.59 Å². The fourth-order valence-electron chi connectivity index (χ4n) is 1.70. The quantitative estimate of drug-likeness (QED) is 0.864. The number of carbonyl (C=O) groups excluding carboxylic acids is 2. The highest BCUT2D eigenvalue weighted by Crippen LogP contribution is 2.19. The summed E-state index contributed by atoms with van der Waals surface area (Å²) in [5.41, 5.74) is 1.94.